The predicted octanol–water partition coefficient (Wildman–Crippen LogP) is 0.871. The van der Waals surface area contributed by atoms with Crippen LogP contribution in [0.1, 0.15) is 22.8 Å². The molecule has 0 spiro atoms. The minimum absolute atomic E-state index is 0.570. The highest BCUT2D eigenvalue weighted by Crippen LogP contribution is 2.24. The fourth-order valence-corrected chi connectivity index (χ4v) is 1.70. The van der Waals surface area contributed by atoms with Crippen LogP contribution in [0.5, 0.6) is 0 Å². The van der Waals surface area contributed by atoms with Crippen LogP contribution in [0, 0.1) is 13.8 Å². The second-order valence-corrected chi connectivity index (χ2v) is 3.72. The number of ether oxygens (including phenoxy) is 1. The van der Waals surface area contributed by atoms with Gasteiger partial charge in [0, 0.05) is 0 Å². The topological polar surface area (TPSA) is 66.8 Å². The Morgan fingerprint density at radius 2 is 1.75 bits per heavy atom. The molecule has 0 saturated heterocycles. The maximum Gasteiger partial charge on any atom is 0.337 e. The number of benzene rings is 1. The molecule has 2 N–H and O–H groups in total. The summed E-state index contributed by atoms with van der Waals surface area (Å²) in [6.45, 7) is 3.63. The standard InChI is InChI=1S/C12H16O4/c1-7-5-4-6-8(2)9(7)10(13)11(14)12(15)16-3/h4-6,10-11,13-14H,1-3H3. The maximum absolute atomic E-state index is 11.1. The van der Waals surface area contributed by atoms with Gasteiger partial charge >= 0.3 is 5.97 Å². The van der Waals surface area contributed by atoms with E-state index in [1.54, 1.807) is 0 Å². The van der Waals surface area contributed by atoms with Crippen molar-refractivity contribution >= 4 is 5.97 Å². The van der Waals surface area contributed by atoms with Crippen molar-refractivity contribution < 1.29 is 19.7 Å². The molecule has 0 fully saturated rings. The van der Waals surface area contributed by atoms with Gasteiger partial charge in [-0.3, -0.25) is 0 Å². The highest BCUT2D eigenvalue weighted by atomic mass is 16.5. The Kier molecular flexibility index (Phi) is 4.04. The molecule has 1 rings (SSSR count). The highest BCUT2D eigenvalue weighted by molar-refractivity contribution is 5.75. The van der Waals surface area contributed by atoms with Crippen molar-refractivity contribution in [3.8, 4) is 0 Å². The lowest BCUT2D eigenvalue weighted by atomic mass is 9.95. The number of methoxy groups -OCH3 is 1. The van der Waals surface area contributed by atoms with Gasteiger partial charge in [-0.15, -0.1) is 0 Å². The van der Waals surface area contributed by atoms with Gasteiger partial charge in [-0.05, 0) is 30.5 Å². The summed E-state index contributed by atoms with van der Waals surface area (Å²) in [7, 11) is 1.17. The first-order valence-corrected chi connectivity index (χ1v) is 4.99. The van der Waals surface area contributed by atoms with E-state index in [0.717, 1.165) is 11.1 Å². The van der Waals surface area contributed by atoms with Crippen LogP contribution in [0.2, 0.25) is 0 Å². The van der Waals surface area contributed by atoms with Crippen molar-refractivity contribution in [3.63, 3.8) is 0 Å². The average Bonchev–Trinajstić information content (AvgIpc) is 2.26. The molecule has 4 nitrogen and oxygen atoms in total. The third-order valence-corrected chi connectivity index (χ3v) is 2.58. The summed E-state index contributed by atoms with van der Waals surface area (Å²) in [5.74, 6) is -0.838. The fourth-order valence-electron chi connectivity index (χ4n) is 1.70. The Labute approximate surface area is 94.5 Å². The average molecular weight is 224 g/mol. The number of aryl methyl sites for hydroxylation is 2. The van der Waals surface area contributed by atoms with Gasteiger partial charge in [-0.25, -0.2) is 4.79 Å². The third-order valence-electron chi connectivity index (χ3n) is 2.58. The van der Waals surface area contributed by atoms with Gasteiger partial charge in [-0.2, -0.15) is 0 Å². The monoisotopic (exact) mass is 224 g/mol. The van der Waals surface area contributed by atoms with E-state index >= 15 is 0 Å². The Morgan fingerprint density at radius 1 is 1.25 bits per heavy atom. The van der Waals surface area contributed by atoms with Crippen LogP contribution < -0.4 is 0 Å². The van der Waals surface area contributed by atoms with Crippen molar-refractivity contribution in [2.45, 2.75) is 26.1 Å². The smallest absolute Gasteiger partial charge is 0.337 e. The van der Waals surface area contributed by atoms with Crippen LogP contribution in [0.25, 0.3) is 0 Å². The fraction of sp³-hybridized carbons (Fsp3) is 0.417. The summed E-state index contributed by atoms with van der Waals surface area (Å²) < 4.78 is 4.39. The quantitative estimate of drug-likeness (QED) is 0.748. The lowest BCUT2D eigenvalue weighted by Crippen LogP contribution is -2.29. The number of esters is 1. The molecular weight excluding hydrogens is 208 g/mol. The molecule has 2 unspecified atom stereocenters. The summed E-state index contributed by atoms with van der Waals surface area (Å²) in [5.41, 5.74) is 2.23. The maximum atomic E-state index is 11.1. The highest BCUT2D eigenvalue weighted by Gasteiger charge is 2.28. The lowest BCUT2D eigenvalue weighted by Gasteiger charge is -2.19. The molecule has 0 bridgehead atoms. The molecule has 0 aliphatic heterocycles. The Morgan fingerprint density at radius 3 is 2.19 bits per heavy atom. The molecule has 0 heterocycles. The van der Waals surface area contributed by atoms with Crippen LogP contribution in [0.15, 0.2) is 18.2 Å². The van der Waals surface area contributed by atoms with Gasteiger partial charge in [-0.1, -0.05) is 18.2 Å². The summed E-state index contributed by atoms with van der Waals surface area (Å²) in [6.07, 6.45) is -2.81. The van der Waals surface area contributed by atoms with E-state index in [9.17, 15) is 15.0 Å². The van der Waals surface area contributed by atoms with Crippen molar-refractivity contribution in [2.75, 3.05) is 7.11 Å². The van der Waals surface area contributed by atoms with Crippen molar-refractivity contribution in [2.24, 2.45) is 0 Å². The zero-order valence-electron chi connectivity index (χ0n) is 9.60. The zero-order valence-corrected chi connectivity index (χ0v) is 9.60. The van der Waals surface area contributed by atoms with E-state index in [0.29, 0.717) is 5.56 Å². The summed E-state index contributed by atoms with van der Waals surface area (Å²) in [4.78, 5) is 11.1. The van der Waals surface area contributed by atoms with Gasteiger partial charge in [0.1, 0.15) is 6.10 Å². The number of carbonyl (C=O) groups excluding carboxylic acids is 1. The summed E-state index contributed by atoms with van der Waals surface area (Å²) in [5, 5.41) is 19.5. The van der Waals surface area contributed by atoms with Crippen LogP contribution in [0.4, 0.5) is 0 Å². The molecule has 0 radical (unpaired) electrons. The first-order chi connectivity index (χ1) is 7.49. The van der Waals surface area contributed by atoms with E-state index in [1.165, 1.54) is 7.11 Å². The second kappa shape index (κ2) is 5.09. The zero-order chi connectivity index (χ0) is 12.3. The third kappa shape index (κ3) is 2.40. The van der Waals surface area contributed by atoms with Crippen LogP contribution >= 0.6 is 0 Å². The van der Waals surface area contributed by atoms with Crippen LogP contribution in [-0.4, -0.2) is 29.4 Å². The molecule has 88 valence electrons. The lowest BCUT2D eigenvalue weighted by molar-refractivity contribution is -0.156. The number of aliphatic hydroxyl groups excluding tert-OH is 2. The molecule has 1 aromatic rings. The molecule has 0 amide bonds. The molecule has 0 aliphatic carbocycles. The second-order valence-electron chi connectivity index (χ2n) is 3.72. The predicted molar refractivity (Wildman–Crippen MR) is 58.9 cm³/mol. The summed E-state index contributed by atoms with van der Waals surface area (Å²) >= 11 is 0. The molecule has 1 aromatic carbocycles. The SMILES string of the molecule is COC(=O)C(O)C(O)c1c(C)cccc1C. The number of hydrogen-bond acceptors (Lipinski definition) is 4. The van der Waals surface area contributed by atoms with Crippen LogP contribution in [-0.2, 0) is 9.53 Å². The van der Waals surface area contributed by atoms with E-state index in [1.807, 2.05) is 32.0 Å². The van der Waals surface area contributed by atoms with E-state index in [2.05, 4.69) is 4.74 Å². The number of aliphatic hydroxyl groups is 2. The molecule has 16 heavy (non-hydrogen) atoms. The van der Waals surface area contributed by atoms with Gasteiger partial charge in [0.25, 0.3) is 0 Å². The minimum atomic E-state index is -1.55. The van der Waals surface area contributed by atoms with Crippen molar-refractivity contribution in [1.29, 1.82) is 0 Å². The number of rotatable bonds is 3. The first kappa shape index (κ1) is 12.7. The summed E-state index contributed by atoms with van der Waals surface area (Å²) in [6, 6.07) is 5.48. The van der Waals surface area contributed by atoms with E-state index < -0.39 is 18.2 Å². The molecule has 0 saturated carbocycles. The van der Waals surface area contributed by atoms with Gasteiger partial charge in [0.2, 0.25) is 0 Å². The van der Waals surface area contributed by atoms with Gasteiger partial charge in [0.05, 0.1) is 7.11 Å². The van der Waals surface area contributed by atoms with E-state index in [4.69, 9.17) is 0 Å². The largest absolute Gasteiger partial charge is 0.467 e. The van der Waals surface area contributed by atoms with Gasteiger partial charge < -0.3 is 14.9 Å². The Hall–Kier alpha value is -1.39. The normalized spacial score (nSPS) is 14.3. The molecule has 0 aromatic heterocycles. The molecule has 4 heteroatoms. The number of hydrogen-bond donors (Lipinski definition) is 2. The Balaban J connectivity index is 3.04. The molecular formula is C12H16O4. The number of carbonyl (C=O) groups is 1. The van der Waals surface area contributed by atoms with Crippen molar-refractivity contribution in [3.05, 3.63) is 34.9 Å². The van der Waals surface area contributed by atoms with Crippen LogP contribution in [0.3, 0.4) is 0 Å². The Bertz CT molecular complexity index is 366. The van der Waals surface area contributed by atoms with E-state index in [-0.39, 0.29) is 0 Å². The minimum Gasteiger partial charge on any atom is -0.467 e. The molecule has 0 aliphatic rings. The van der Waals surface area contributed by atoms with Gasteiger partial charge in [0.15, 0.2) is 6.10 Å². The molecule has 2 atom stereocenters. The first-order valence-electron chi connectivity index (χ1n) is 4.99. The van der Waals surface area contributed by atoms with Crippen molar-refractivity contribution in [1.82, 2.24) is 0 Å².